The molecule has 3 aromatic rings. The first-order valence-electron chi connectivity index (χ1n) is 5.42. The molecule has 1 aromatic heterocycles. The van der Waals surface area contributed by atoms with Crippen molar-refractivity contribution in [2.24, 2.45) is 10.4 Å². The maximum atomic E-state index is 10.4. The quantitative estimate of drug-likeness (QED) is 0.512. The predicted octanol–water partition coefficient (Wildman–Crippen LogP) is 3.27. The second kappa shape index (κ2) is 4.54. The van der Waals surface area contributed by atoms with E-state index in [-0.39, 0.29) is 0 Å². The third-order valence-electron chi connectivity index (χ3n) is 2.64. The predicted molar refractivity (Wildman–Crippen MR) is 72.5 cm³/mol. The maximum absolute atomic E-state index is 10.4. The van der Waals surface area contributed by atoms with Gasteiger partial charge in [-0.1, -0.05) is 46.8 Å². The highest BCUT2D eigenvalue weighted by Crippen LogP contribution is 2.20. The molecule has 18 heavy (non-hydrogen) atoms. The molecule has 88 valence electrons. The van der Waals surface area contributed by atoms with E-state index in [2.05, 4.69) is 10.4 Å². The first kappa shape index (κ1) is 10.9. The SMILES string of the molecule is O=NN=c1sc2ccccc2n1-c1ccccc1. The Morgan fingerprint density at radius 3 is 2.44 bits per heavy atom. The van der Waals surface area contributed by atoms with Gasteiger partial charge in [0.1, 0.15) is 0 Å². The minimum atomic E-state index is 0.581. The minimum Gasteiger partial charge on any atom is -0.284 e. The second-order valence-electron chi connectivity index (χ2n) is 3.70. The number of benzene rings is 2. The Morgan fingerprint density at radius 2 is 1.67 bits per heavy atom. The van der Waals surface area contributed by atoms with Gasteiger partial charge in [0.15, 0.2) is 0 Å². The van der Waals surface area contributed by atoms with Gasteiger partial charge < -0.3 is 0 Å². The van der Waals surface area contributed by atoms with Crippen LogP contribution in [-0.2, 0) is 0 Å². The van der Waals surface area contributed by atoms with Gasteiger partial charge in [0, 0.05) is 5.69 Å². The molecular weight excluding hydrogens is 246 g/mol. The van der Waals surface area contributed by atoms with E-state index in [1.54, 1.807) is 0 Å². The van der Waals surface area contributed by atoms with Crippen LogP contribution >= 0.6 is 11.3 Å². The molecule has 0 radical (unpaired) electrons. The number of nitrogens with zero attached hydrogens (tertiary/aromatic N) is 3. The van der Waals surface area contributed by atoms with E-state index in [9.17, 15) is 4.91 Å². The molecule has 0 aliphatic carbocycles. The first-order chi connectivity index (χ1) is 8.90. The first-order valence-corrected chi connectivity index (χ1v) is 6.24. The normalized spacial score (nSPS) is 11.9. The topological polar surface area (TPSA) is 46.7 Å². The van der Waals surface area contributed by atoms with Gasteiger partial charge in [0.2, 0.25) is 4.80 Å². The molecule has 0 fully saturated rings. The molecule has 0 atom stereocenters. The summed E-state index contributed by atoms with van der Waals surface area (Å²) in [7, 11) is 0. The summed E-state index contributed by atoms with van der Waals surface area (Å²) in [5, 5.41) is 6.32. The third-order valence-corrected chi connectivity index (χ3v) is 3.65. The Balaban J connectivity index is 2.42. The van der Waals surface area contributed by atoms with Crippen molar-refractivity contribution in [2.45, 2.75) is 0 Å². The van der Waals surface area contributed by atoms with Crippen molar-refractivity contribution in [1.82, 2.24) is 4.57 Å². The lowest BCUT2D eigenvalue weighted by molar-refractivity contribution is 0.989. The van der Waals surface area contributed by atoms with E-state index in [1.165, 1.54) is 11.3 Å². The largest absolute Gasteiger partial charge is 0.284 e. The summed E-state index contributed by atoms with van der Waals surface area (Å²) in [4.78, 5) is 11.0. The monoisotopic (exact) mass is 255 g/mol. The summed E-state index contributed by atoms with van der Waals surface area (Å²) < 4.78 is 3.00. The highest BCUT2D eigenvalue weighted by molar-refractivity contribution is 7.16. The van der Waals surface area contributed by atoms with Gasteiger partial charge in [-0.2, -0.15) is 0 Å². The van der Waals surface area contributed by atoms with Crippen molar-refractivity contribution in [1.29, 1.82) is 0 Å². The molecule has 0 aliphatic rings. The van der Waals surface area contributed by atoms with Crippen LogP contribution in [0.2, 0.25) is 0 Å². The molecule has 0 saturated heterocycles. The molecule has 4 nitrogen and oxygen atoms in total. The van der Waals surface area contributed by atoms with Crippen molar-refractivity contribution in [2.75, 3.05) is 0 Å². The summed E-state index contributed by atoms with van der Waals surface area (Å²) in [5.41, 5.74) is 1.99. The maximum Gasteiger partial charge on any atom is 0.219 e. The number of aromatic nitrogens is 1. The average molecular weight is 255 g/mol. The molecule has 0 bridgehead atoms. The van der Waals surface area contributed by atoms with Crippen LogP contribution < -0.4 is 4.80 Å². The molecule has 5 heteroatoms. The zero-order chi connectivity index (χ0) is 12.4. The second-order valence-corrected chi connectivity index (χ2v) is 4.71. The van der Waals surface area contributed by atoms with Crippen molar-refractivity contribution in [3.8, 4) is 5.69 Å². The number of thiazole rings is 1. The summed E-state index contributed by atoms with van der Waals surface area (Å²) >= 11 is 1.45. The van der Waals surface area contributed by atoms with Crippen molar-refractivity contribution >= 4 is 21.6 Å². The van der Waals surface area contributed by atoms with E-state index in [1.807, 2.05) is 59.2 Å². The van der Waals surface area contributed by atoms with Crippen LogP contribution in [0.25, 0.3) is 15.9 Å². The number of rotatable bonds is 2. The summed E-state index contributed by atoms with van der Waals surface area (Å²) in [6, 6.07) is 17.7. The van der Waals surface area contributed by atoms with Crippen LogP contribution in [0.15, 0.2) is 65.0 Å². The van der Waals surface area contributed by atoms with Gasteiger partial charge in [-0.05, 0) is 24.3 Å². The average Bonchev–Trinajstić information content (AvgIpc) is 2.78. The van der Waals surface area contributed by atoms with E-state index in [4.69, 9.17) is 0 Å². The molecule has 0 spiro atoms. The van der Waals surface area contributed by atoms with Gasteiger partial charge in [0.05, 0.1) is 15.5 Å². The lowest BCUT2D eigenvalue weighted by atomic mass is 10.3. The molecule has 0 amide bonds. The standard InChI is InChI=1S/C13H9N3OS/c17-15-14-13-16(10-6-2-1-3-7-10)11-8-4-5-9-12(11)18-13/h1-9H. The van der Waals surface area contributed by atoms with Gasteiger partial charge in [0.25, 0.3) is 0 Å². The molecule has 0 N–H and O–H groups in total. The van der Waals surface area contributed by atoms with Crippen LogP contribution in [0.1, 0.15) is 0 Å². The van der Waals surface area contributed by atoms with Crippen LogP contribution in [0.4, 0.5) is 0 Å². The van der Waals surface area contributed by atoms with E-state index in [0.717, 1.165) is 15.9 Å². The summed E-state index contributed by atoms with van der Waals surface area (Å²) in [5.74, 6) is 0. The number of hydrogen-bond donors (Lipinski definition) is 0. The van der Waals surface area contributed by atoms with Gasteiger partial charge >= 0.3 is 0 Å². The Hall–Kier alpha value is -2.27. The fourth-order valence-electron chi connectivity index (χ4n) is 1.90. The zero-order valence-corrected chi connectivity index (χ0v) is 10.2. The third kappa shape index (κ3) is 1.74. The number of nitroso groups, excluding NO2 is 1. The van der Waals surface area contributed by atoms with Gasteiger partial charge in [-0.25, -0.2) is 0 Å². The lowest BCUT2D eigenvalue weighted by Gasteiger charge is -2.03. The smallest absolute Gasteiger partial charge is 0.219 e. The van der Waals surface area contributed by atoms with E-state index >= 15 is 0 Å². The molecule has 1 heterocycles. The van der Waals surface area contributed by atoms with Crippen LogP contribution in [-0.4, -0.2) is 4.57 Å². The van der Waals surface area contributed by atoms with Crippen molar-refractivity contribution < 1.29 is 0 Å². The zero-order valence-electron chi connectivity index (χ0n) is 9.35. The minimum absolute atomic E-state index is 0.581. The van der Waals surface area contributed by atoms with Crippen LogP contribution in [0.5, 0.6) is 0 Å². The Kier molecular flexibility index (Phi) is 2.74. The van der Waals surface area contributed by atoms with E-state index < -0.39 is 0 Å². The highest BCUT2D eigenvalue weighted by Gasteiger charge is 2.07. The Morgan fingerprint density at radius 1 is 0.944 bits per heavy atom. The van der Waals surface area contributed by atoms with Crippen molar-refractivity contribution in [3.05, 3.63) is 64.3 Å². The van der Waals surface area contributed by atoms with Crippen molar-refractivity contribution in [3.63, 3.8) is 0 Å². The van der Waals surface area contributed by atoms with E-state index in [0.29, 0.717) is 4.80 Å². The molecule has 0 aliphatic heterocycles. The summed E-state index contributed by atoms with van der Waals surface area (Å²) in [6.45, 7) is 0. The highest BCUT2D eigenvalue weighted by atomic mass is 32.1. The number of hydrogen-bond acceptors (Lipinski definition) is 3. The van der Waals surface area contributed by atoms with Gasteiger partial charge in [-0.3, -0.25) is 4.57 Å². The number of fused-ring (bicyclic) bond motifs is 1. The Bertz CT molecular complexity index is 759. The van der Waals surface area contributed by atoms with Crippen LogP contribution in [0.3, 0.4) is 0 Å². The fourth-order valence-corrected chi connectivity index (χ4v) is 2.88. The lowest BCUT2D eigenvalue weighted by Crippen LogP contribution is -2.11. The number of para-hydroxylation sites is 2. The Labute approximate surface area is 107 Å². The molecule has 0 unspecified atom stereocenters. The van der Waals surface area contributed by atoms with Crippen LogP contribution in [0, 0.1) is 4.91 Å². The fraction of sp³-hybridized carbons (Fsp3) is 0. The molecule has 2 aromatic carbocycles. The molecule has 3 rings (SSSR count). The van der Waals surface area contributed by atoms with Gasteiger partial charge in [-0.15, -0.1) is 4.91 Å². The summed E-state index contributed by atoms with van der Waals surface area (Å²) in [6.07, 6.45) is 0. The molecular formula is C13H9N3OS. The molecule has 0 saturated carbocycles.